The van der Waals surface area contributed by atoms with Crippen LogP contribution in [0.3, 0.4) is 0 Å². The molecule has 1 fully saturated rings. The molecule has 0 bridgehead atoms. The number of hydrogen-bond donors (Lipinski definition) is 1. The first-order chi connectivity index (χ1) is 7.35. The number of terminal acetylenes is 1. The summed E-state index contributed by atoms with van der Waals surface area (Å²) >= 11 is 0. The molecule has 0 heterocycles. The fraction of sp³-hybridized carbons (Fsp3) is 0.714. The molecule has 1 nitrogen and oxygen atoms in total. The van der Waals surface area contributed by atoms with Crippen LogP contribution in [0.2, 0.25) is 0 Å². The van der Waals surface area contributed by atoms with Gasteiger partial charge in [0.05, 0.1) is 6.54 Å². The highest BCUT2D eigenvalue weighted by molar-refractivity contribution is 4.89. The number of allylic oxidation sites excluding steroid dienone is 2. The molecule has 1 aliphatic rings. The number of rotatable bonds is 2. The highest BCUT2D eigenvalue weighted by Gasteiger charge is 2.12. The molecule has 0 aromatic heterocycles. The highest BCUT2D eigenvalue weighted by Crippen LogP contribution is 2.16. The smallest absolute Gasteiger partial charge is 0.0575 e. The number of nitrogens with one attached hydrogen (secondary N) is 1. The van der Waals surface area contributed by atoms with Crippen LogP contribution >= 0.6 is 0 Å². The molecule has 0 saturated heterocycles. The van der Waals surface area contributed by atoms with Gasteiger partial charge in [-0.2, -0.15) is 0 Å². The van der Waals surface area contributed by atoms with Crippen molar-refractivity contribution in [3.63, 3.8) is 0 Å². The van der Waals surface area contributed by atoms with E-state index in [1.807, 2.05) is 39.8 Å². The van der Waals surface area contributed by atoms with Crippen molar-refractivity contribution in [3.05, 3.63) is 12.2 Å². The Kier molecular flexibility index (Phi) is 17.5. The van der Waals surface area contributed by atoms with Crippen molar-refractivity contribution < 1.29 is 0 Å². The van der Waals surface area contributed by atoms with Crippen LogP contribution in [-0.2, 0) is 0 Å². The lowest BCUT2D eigenvalue weighted by Gasteiger charge is -2.06. The Labute approximate surface area is 96.3 Å². The van der Waals surface area contributed by atoms with Crippen molar-refractivity contribution >= 4 is 0 Å². The fourth-order valence-corrected chi connectivity index (χ4v) is 1.33. The Hall–Kier alpha value is -0.740. The molecule has 0 aromatic carbocycles. The molecule has 0 aromatic rings. The van der Waals surface area contributed by atoms with Gasteiger partial charge in [-0.25, -0.2) is 0 Å². The summed E-state index contributed by atoms with van der Waals surface area (Å²) < 4.78 is 0. The monoisotopic (exact) mass is 209 g/mol. The minimum atomic E-state index is 0.723. The molecular formula is C14H27N. The van der Waals surface area contributed by atoms with Gasteiger partial charge in [0.1, 0.15) is 0 Å². The van der Waals surface area contributed by atoms with E-state index >= 15 is 0 Å². The lowest BCUT2D eigenvalue weighted by atomic mass is 10.2. The quantitative estimate of drug-likeness (QED) is 0.539. The van der Waals surface area contributed by atoms with E-state index in [-0.39, 0.29) is 0 Å². The first-order valence-electron chi connectivity index (χ1n) is 6.09. The summed E-state index contributed by atoms with van der Waals surface area (Å²) in [5, 5.41) is 3.30. The molecule has 0 spiro atoms. The Bertz CT molecular complexity index is 155. The molecule has 0 aliphatic heterocycles. The van der Waals surface area contributed by atoms with Crippen molar-refractivity contribution in [2.24, 2.45) is 0 Å². The van der Waals surface area contributed by atoms with Gasteiger partial charge in [0, 0.05) is 6.04 Å². The standard InChI is InChI=1S/C8H13N.C4H8.C2H6/c1-2-7-9-8-5-3-4-6-8;1-3-4-2;1-2/h1,8-9H,3-7H2;3-4H,1-2H3;1-2H3/b;4-3-;. The summed E-state index contributed by atoms with van der Waals surface area (Å²) in [6.07, 6.45) is 14.5. The van der Waals surface area contributed by atoms with E-state index in [2.05, 4.69) is 11.2 Å². The van der Waals surface area contributed by atoms with Crippen LogP contribution in [0.15, 0.2) is 12.2 Å². The minimum absolute atomic E-state index is 0.723. The van der Waals surface area contributed by atoms with E-state index in [1.54, 1.807) is 0 Å². The van der Waals surface area contributed by atoms with Crippen molar-refractivity contribution in [2.45, 2.75) is 59.4 Å². The predicted octanol–water partition coefficient (Wildman–Crippen LogP) is 3.76. The lowest BCUT2D eigenvalue weighted by molar-refractivity contribution is 0.561. The maximum atomic E-state index is 5.09. The second-order valence-electron chi connectivity index (χ2n) is 3.23. The van der Waals surface area contributed by atoms with Crippen molar-refractivity contribution in [2.75, 3.05) is 6.54 Å². The zero-order valence-electron chi connectivity index (χ0n) is 10.8. The normalized spacial score (nSPS) is 14.9. The topological polar surface area (TPSA) is 12.0 Å². The molecule has 1 N–H and O–H groups in total. The van der Waals surface area contributed by atoms with E-state index in [4.69, 9.17) is 6.42 Å². The average molecular weight is 209 g/mol. The summed E-state index contributed by atoms with van der Waals surface area (Å²) in [5.41, 5.74) is 0. The van der Waals surface area contributed by atoms with Crippen LogP contribution < -0.4 is 5.32 Å². The predicted molar refractivity (Wildman–Crippen MR) is 70.9 cm³/mol. The third kappa shape index (κ3) is 13.3. The maximum absolute atomic E-state index is 5.09. The van der Waals surface area contributed by atoms with Gasteiger partial charge in [0.2, 0.25) is 0 Å². The molecular weight excluding hydrogens is 182 g/mol. The molecule has 15 heavy (non-hydrogen) atoms. The molecule has 1 rings (SSSR count). The molecule has 0 amide bonds. The van der Waals surface area contributed by atoms with Gasteiger partial charge in [-0.05, 0) is 26.7 Å². The van der Waals surface area contributed by atoms with E-state index in [0.717, 1.165) is 12.6 Å². The van der Waals surface area contributed by atoms with Gasteiger partial charge in [-0.3, -0.25) is 0 Å². The number of hydrogen-bond acceptors (Lipinski definition) is 1. The molecule has 0 atom stereocenters. The zero-order valence-corrected chi connectivity index (χ0v) is 10.8. The van der Waals surface area contributed by atoms with Crippen molar-refractivity contribution in [3.8, 4) is 12.3 Å². The second-order valence-corrected chi connectivity index (χ2v) is 3.23. The Morgan fingerprint density at radius 1 is 1.20 bits per heavy atom. The molecule has 1 aliphatic carbocycles. The molecule has 1 heteroatoms. The van der Waals surface area contributed by atoms with E-state index in [0.29, 0.717) is 0 Å². The molecule has 88 valence electrons. The van der Waals surface area contributed by atoms with Gasteiger partial charge in [0.25, 0.3) is 0 Å². The molecule has 0 radical (unpaired) electrons. The van der Waals surface area contributed by atoms with E-state index in [1.165, 1.54) is 25.7 Å². The second kappa shape index (κ2) is 15.7. The third-order valence-corrected chi connectivity index (χ3v) is 2.18. The first-order valence-corrected chi connectivity index (χ1v) is 6.09. The Morgan fingerprint density at radius 2 is 1.67 bits per heavy atom. The van der Waals surface area contributed by atoms with Crippen LogP contribution in [0.25, 0.3) is 0 Å². The van der Waals surface area contributed by atoms with Crippen molar-refractivity contribution in [1.82, 2.24) is 5.32 Å². The van der Waals surface area contributed by atoms with Gasteiger partial charge in [-0.15, -0.1) is 6.42 Å². The summed E-state index contributed by atoms with van der Waals surface area (Å²) in [6, 6.07) is 0.723. The summed E-state index contributed by atoms with van der Waals surface area (Å²) in [6.45, 7) is 8.74. The van der Waals surface area contributed by atoms with Crippen LogP contribution in [0.5, 0.6) is 0 Å². The maximum Gasteiger partial charge on any atom is 0.0575 e. The van der Waals surface area contributed by atoms with Crippen LogP contribution in [0.4, 0.5) is 0 Å². The minimum Gasteiger partial charge on any atom is -0.303 e. The lowest BCUT2D eigenvalue weighted by Crippen LogP contribution is -2.25. The third-order valence-electron chi connectivity index (χ3n) is 2.18. The van der Waals surface area contributed by atoms with Gasteiger partial charge >= 0.3 is 0 Å². The summed E-state index contributed by atoms with van der Waals surface area (Å²) in [5.74, 6) is 2.58. The van der Waals surface area contributed by atoms with Crippen LogP contribution in [0.1, 0.15) is 53.4 Å². The Morgan fingerprint density at radius 3 is 2.00 bits per heavy atom. The average Bonchev–Trinajstić information content (AvgIpc) is 2.82. The fourth-order valence-electron chi connectivity index (χ4n) is 1.33. The van der Waals surface area contributed by atoms with E-state index < -0.39 is 0 Å². The largest absolute Gasteiger partial charge is 0.303 e. The van der Waals surface area contributed by atoms with Gasteiger partial charge < -0.3 is 5.32 Å². The van der Waals surface area contributed by atoms with Crippen molar-refractivity contribution in [1.29, 1.82) is 0 Å². The van der Waals surface area contributed by atoms with Gasteiger partial charge in [0.15, 0.2) is 0 Å². The summed E-state index contributed by atoms with van der Waals surface area (Å²) in [4.78, 5) is 0. The Balaban J connectivity index is 0. The van der Waals surface area contributed by atoms with Gasteiger partial charge in [-0.1, -0.05) is 44.8 Å². The first kappa shape index (κ1) is 16.7. The highest BCUT2D eigenvalue weighted by atomic mass is 14.9. The summed E-state index contributed by atoms with van der Waals surface area (Å²) in [7, 11) is 0. The van der Waals surface area contributed by atoms with Crippen LogP contribution in [0, 0.1) is 12.3 Å². The van der Waals surface area contributed by atoms with E-state index in [9.17, 15) is 0 Å². The zero-order chi connectivity index (χ0) is 11.9. The SMILES string of the molecule is C#CCNC1CCCC1.C/C=C\C.CC. The molecule has 0 unspecified atom stereocenters. The van der Waals surface area contributed by atoms with Crippen LogP contribution in [-0.4, -0.2) is 12.6 Å². The molecule has 1 saturated carbocycles.